The van der Waals surface area contributed by atoms with E-state index < -0.39 is 17.7 Å². The smallest absolute Gasteiger partial charge is 0.301 e. The summed E-state index contributed by atoms with van der Waals surface area (Å²) >= 11 is 6.18. The standard InChI is InChI=1S/C29H24BrN3O3S2/c1-3-18-8-10-20(11-9-18)24-23(25(34)21-12-14-22(30)15-13-21)26(35)27(36)33(24)28-31-32-29(38-28)37-16-19-6-4-17(2)5-7-19/h4-15,24,34H,3,16H2,1-2H3/b25-23-. The highest BCUT2D eigenvalue weighted by Crippen LogP contribution is 2.44. The van der Waals surface area contributed by atoms with Crippen molar-refractivity contribution in [3.8, 4) is 0 Å². The van der Waals surface area contributed by atoms with Gasteiger partial charge in [0.2, 0.25) is 5.13 Å². The molecule has 0 aliphatic carbocycles. The molecule has 1 unspecified atom stereocenters. The van der Waals surface area contributed by atoms with E-state index in [1.165, 1.54) is 33.6 Å². The van der Waals surface area contributed by atoms with Gasteiger partial charge in [-0.15, -0.1) is 10.2 Å². The van der Waals surface area contributed by atoms with Crippen LogP contribution in [0.25, 0.3) is 5.76 Å². The van der Waals surface area contributed by atoms with E-state index in [4.69, 9.17) is 0 Å². The Hall–Kier alpha value is -3.27. The number of ketones is 1. The van der Waals surface area contributed by atoms with Crippen molar-refractivity contribution in [1.29, 1.82) is 0 Å². The summed E-state index contributed by atoms with van der Waals surface area (Å²) in [6.45, 7) is 4.11. The van der Waals surface area contributed by atoms with Crippen molar-refractivity contribution in [3.05, 3.63) is 111 Å². The molecular weight excluding hydrogens is 582 g/mol. The Kier molecular flexibility index (Phi) is 7.78. The van der Waals surface area contributed by atoms with Gasteiger partial charge in [-0.2, -0.15) is 0 Å². The molecule has 1 saturated heterocycles. The Bertz CT molecular complexity index is 1510. The van der Waals surface area contributed by atoms with E-state index >= 15 is 0 Å². The van der Waals surface area contributed by atoms with Crippen LogP contribution in [0.4, 0.5) is 5.13 Å². The second-order valence-electron chi connectivity index (χ2n) is 8.90. The normalized spacial score (nSPS) is 16.8. The molecule has 0 saturated carbocycles. The van der Waals surface area contributed by atoms with Crippen LogP contribution in [0.15, 0.2) is 87.2 Å². The number of thioether (sulfide) groups is 1. The summed E-state index contributed by atoms with van der Waals surface area (Å²) < 4.78 is 1.53. The highest BCUT2D eigenvalue weighted by molar-refractivity contribution is 9.10. The Morgan fingerprint density at radius 3 is 2.29 bits per heavy atom. The molecule has 1 aliphatic rings. The Morgan fingerprint density at radius 1 is 0.974 bits per heavy atom. The fourth-order valence-electron chi connectivity index (χ4n) is 4.23. The van der Waals surface area contributed by atoms with Gasteiger partial charge in [0, 0.05) is 15.8 Å². The first kappa shape index (κ1) is 26.3. The fourth-order valence-corrected chi connectivity index (χ4v) is 6.32. The summed E-state index contributed by atoms with van der Waals surface area (Å²) in [5, 5.41) is 20.2. The van der Waals surface area contributed by atoms with Gasteiger partial charge in [0.1, 0.15) is 5.76 Å². The van der Waals surface area contributed by atoms with E-state index in [0.29, 0.717) is 26.4 Å². The molecule has 9 heteroatoms. The second kappa shape index (κ2) is 11.2. The van der Waals surface area contributed by atoms with Crippen LogP contribution in [0.5, 0.6) is 0 Å². The van der Waals surface area contributed by atoms with Crippen molar-refractivity contribution < 1.29 is 14.7 Å². The van der Waals surface area contributed by atoms with Gasteiger partial charge in [-0.25, -0.2) is 0 Å². The van der Waals surface area contributed by atoms with Crippen LogP contribution in [-0.2, 0) is 21.8 Å². The molecule has 2 heterocycles. The summed E-state index contributed by atoms with van der Waals surface area (Å²) in [6.07, 6.45) is 0.858. The van der Waals surface area contributed by atoms with Crippen LogP contribution in [0.2, 0.25) is 0 Å². The summed E-state index contributed by atoms with van der Waals surface area (Å²) in [5.74, 6) is -1.00. The van der Waals surface area contributed by atoms with Gasteiger partial charge in [0.15, 0.2) is 4.34 Å². The van der Waals surface area contributed by atoms with Crippen molar-refractivity contribution in [1.82, 2.24) is 10.2 Å². The van der Waals surface area contributed by atoms with Gasteiger partial charge in [0.25, 0.3) is 5.78 Å². The van der Waals surface area contributed by atoms with E-state index in [2.05, 4.69) is 57.3 Å². The van der Waals surface area contributed by atoms with Crippen LogP contribution >= 0.6 is 39.0 Å². The number of aryl methyl sites for hydroxylation is 2. The number of hydrogen-bond acceptors (Lipinski definition) is 7. The van der Waals surface area contributed by atoms with Gasteiger partial charge < -0.3 is 5.11 Å². The van der Waals surface area contributed by atoms with Crippen LogP contribution < -0.4 is 4.90 Å². The molecule has 192 valence electrons. The first-order chi connectivity index (χ1) is 18.4. The lowest BCUT2D eigenvalue weighted by Gasteiger charge is -2.22. The van der Waals surface area contributed by atoms with E-state index in [-0.39, 0.29) is 11.3 Å². The van der Waals surface area contributed by atoms with Crippen LogP contribution in [0, 0.1) is 6.92 Å². The first-order valence-electron chi connectivity index (χ1n) is 12.0. The highest BCUT2D eigenvalue weighted by Gasteiger charge is 2.48. The number of aromatic nitrogens is 2. The number of carbonyl (C=O) groups excluding carboxylic acids is 2. The maximum atomic E-state index is 13.4. The third-order valence-electron chi connectivity index (χ3n) is 6.35. The molecule has 1 atom stereocenters. The number of aliphatic hydroxyl groups is 1. The molecule has 38 heavy (non-hydrogen) atoms. The number of aliphatic hydroxyl groups excluding tert-OH is 1. The Balaban J connectivity index is 1.53. The van der Waals surface area contributed by atoms with Gasteiger partial charge in [0.05, 0.1) is 11.6 Å². The summed E-state index contributed by atoms with van der Waals surface area (Å²) in [4.78, 5) is 28.1. The van der Waals surface area contributed by atoms with Crippen molar-refractivity contribution in [2.75, 3.05) is 4.90 Å². The number of anilines is 1. The number of nitrogens with zero attached hydrogens (tertiary/aromatic N) is 3. The quantitative estimate of drug-likeness (QED) is 0.0796. The van der Waals surface area contributed by atoms with Crippen LogP contribution in [-0.4, -0.2) is 27.0 Å². The Labute approximate surface area is 237 Å². The van der Waals surface area contributed by atoms with Gasteiger partial charge in [-0.3, -0.25) is 14.5 Å². The molecule has 1 amide bonds. The zero-order valence-electron chi connectivity index (χ0n) is 20.7. The van der Waals surface area contributed by atoms with Crippen molar-refractivity contribution in [3.63, 3.8) is 0 Å². The molecule has 6 nitrogen and oxygen atoms in total. The average molecular weight is 607 g/mol. The number of carbonyl (C=O) groups is 2. The van der Waals surface area contributed by atoms with Crippen molar-refractivity contribution >= 4 is 61.6 Å². The minimum atomic E-state index is -0.826. The molecule has 4 aromatic rings. The number of benzene rings is 3. The van der Waals surface area contributed by atoms with Crippen molar-refractivity contribution in [2.24, 2.45) is 0 Å². The SMILES string of the molecule is CCc1ccc(C2/C(=C(/O)c3ccc(Br)cc3)C(=O)C(=O)N2c2nnc(SCc3ccc(C)cc3)s2)cc1. The topological polar surface area (TPSA) is 83.4 Å². The first-order valence-corrected chi connectivity index (χ1v) is 14.6. The van der Waals surface area contributed by atoms with E-state index in [1.54, 1.807) is 24.3 Å². The molecule has 1 aromatic heterocycles. The van der Waals surface area contributed by atoms with E-state index in [1.807, 2.05) is 31.2 Å². The monoisotopic (exact) mass is 605 g/mol. The molecule has 0 bridgehead atoms. The molecular formula is C29H24BrN3O3S2. The van der Waals surface area contributed by atoms with Gasteiger partial charge in [-0.1, -0.05) is 112 Å². The van der Waals surface area contributed by atoms with Gasteiger partial charge >= 0.3 is 5.91 Å². The molecule has 3 aromatic carbocycles. The van der Waals surface area contributed by atoms with E-state index in [9.17, 15) is 14.7 Å². The van der Waals surface area contributed by atoms with Gasteiger partial charge in [-0.05, 0) is 42.2 Å². The Morgan fingerprint density at radius 2 is 1.63 bits per heavy atom. The number of hydrogen-bond donors (Lipinski definition) is 1. The fraction of sp³-hybridized carbons (Fsp3) is 0.172. The van der Waals surface area contributed by atoms with E-state index in [0.717, 1.165) is 22.0 Å². The lowest BCUT2D eigenvalue weighted by Crippen LogP contribution is -2.29. The zero-order valence-corrected chi connectivity index (χ0v) is 23.9. The molecule has 0 radical (unpaired) electrons. The van der Waals surface area contributed by atoms with Crippen LogP contribution in [0.3, 0.4) is 0 Å². The number of Topliss-reactive ketones (excluding diaryl/α,β-unsaturated/α-hetero) is 1. The van der Waals surface area contributed by atoms with Crippen molar-refractivity contribution in [2.45, 2.75) is 36.4 Å². The molecule has 0 spiro atoms. The lowest BCUT2D eigenvalue weighted by molar-refractivity contribution is -0.132. The second-order valence-corrected chi connectivity index (χ2v) is 12.0. The summed E-state index contributed by atoms with van der Waals surface area (Å²) in [5.41, 5.74) is 4.68. The average Bonchev–Trinajstić information content (AvgIpc) is 3.50. The third kappa shape index (κ3) is 5.32. The molecule has 1 N–H and O–H groups in total. The minimum absolute atomic E-state index is 0.0330. The highest BCUT2D eigenvalue weighted by atomic mass is 79.9. The van der Waals surface area contributed by atoms with Crippen LogP contribution in [0.1, 0.15) is 40.8 Å². The minimum Gasteiger partial charge on any atom is -0.507 e. The summed E-state index contributed by atoms with van der Waals surface area (Å²) in [6, 6.07) is 22.1. The number of amides is 1. The largest absolute Gasteiger partial charge is 0.507 e. The maximum Gasteiger partial charge on any atom is 0.301 e. The molecule has 5 rings (SSSR count). The summed E-state index contributed by atoms with van der Waals surface area (Å²) in [7, 11) is 0. The molecule has 1 aliphatic heterocycles. The number of halogens is 1. The third-order valence-corrected chi connectivity index (χ3v) is 9.01. The number of rotatable bonds is 7. The molecule has 1 fully saturated rings. The maximum absolute atomic E-state index is 13.4. The lowest BCUT2D eigenvalue weighted by atomic mass is 9.94. The predicted octanol–water partition coefficient (Wildman–Crippen LogP) is 7.09. The zero-order chi connectivity index (χ0) is 26.8. The predicted molar refractivity (Wildman–Crippen MR) is 155 cm³/mol.